The predicted octanol–water partition coefficient (Wildman–Crippen LogP) is 3.06. The number of likely N-dealkylation sites (tertiary alicyclic amines) is 1. The quantitative estimate of drug-likeness (QED) is 0.814. The monoisotopic (exact) mass is 258 g/mol. The van der Waals surface area contributed by atoms with Gasteiger partial charge in [-0.2, -0.15) is 5.26 Å². The molecule has 3 nitrogen and oxygen atoms in total. The summed E-state index contributed by atoms with van der Waals surface area (Å²) in [4.78, 5) is 2.54. The number of hydrogen-bond acceptors (Lipinski definition) is 3. The van der Waals surface area contributed by atoms with E-state index in [1.165, 1.54) is 19.4 Å². The molecule has 0 aromatic heterocycles. The van der Waals surface area contributed by atoms with Gasteiger partial charge >= 0.3 is 0 Å². The molecule has 1 aromatic rings. The molecule has 0 radical (unpaired) electrons. The van der Waals surface area contributed by atoms with Crippen LogP contribution < -0.4 is 4.74 Å². The van der Waals surface area contributed by atoms with Crippen LogP contribution in [0, 0.1) is 17.2 Å². The molecule has 0 spiro atoms. The highest BCUT2D eigenvalue weighted by Gasteiger charge is 2.26. The van der Waals surface area contributed by atoms with Crippen LogP contribution in [0.5, 0.6) is 5.75 Å². The fourth-order valence-electron chi connectivity index (χ4n) is 2.79. The van der Waals surface area contributed by atoms with Crippen molar-refractivity contribution in [3.05, 3.63) is 29.8 Å². The summed E-state index contributed by atoms with van der Waals surface area (Å²) < 4.78 is 5.74. The van der Waals surface area contributed by atoms with Crippen molar-refractivity contribution in [2.24, 2.45) is 5.92 Å². The van der Waals surface area contributed by atoms with Crippen molar-refractivity contribution in [3.63, 3.8) is 0 Å². The van der Waals surface area contributed by atoms with Gasteiger partial charge < -0.3 is 4.74 Å². The standard InChI is InChI=1S/C16H22N2O/c1-13(2)16-4-3-9-18(16)10-11-19-15-7-5-14(12-17)6-8-15/h5-8,13,16H,3-4,9-11H2,1-2H3. The fraction of sp³-hybridized carbons (Fsp3) is 0.562. The maximum absolute atomic E-state index is 8.73. The third-order valence-corrected chi connectivity index (χ3v) is 3.81. The van der Waals surface area contributed by atoms with E-state index < -0.39 is 0 Å². The normalized spacial score (nSPS) is 19.6. The maximum atomic E-state index is 8.73. The molecule has 1 fully saturated rings. The zero-order chi connectivity index (χ0) is 13.7. The van der Waals surface area contributed by atoms with Crippen LogP contribution in [0.4, 0.5) is 0 Å². The van der Waals surface area contributed by atoms with E-state index in [2.05, 4.69) is 24.8 Å². The summed E-state index contributed by atoms with van der Waals surface area (Å²) in [6.07, 6.45) is 2.62. The van der Waals surface area contributed by atoms with E-state index in [0.29, 0.717) is 11.6 Å². The molecule has 1 aliphatic rings. The highest BCUT2D eigenvalue weighted by molar-refractivity contribution is 5.34. The van der Waals surface area contributed by atoms with Crippen LogP contribution in [0.2, 0.25) is 0 Å². The number of hydrogen-bond donors (Lipinski definition) is 0. The van der Waals surface area contributed by atoms with Crippen LogP contribution >= 0.6 is 0 Å². The van der Waals surface area contributed by atoms with E-state index in [1.54, 1.807) is 12.1 Å². The van der Waals surface area contributed by atoms with E-state index >= 15 is 0 Å². The topological polar surface area (TPSA) is 36.3 Å². The van der Waals surface area contributed by atoms with Gasteiger partial charge in [-0.1, -0.05) is 13.8 Å². The molecular weight excluding hydrogens is 236 g/mol. The Morgan fingerprint density at radius 2 is 2.11 bits per heavy atom. The second-order valence-electron chi connectivity index (χ2n) is 5.47. The van der Waals surface area contributed by atoms with Crippen LogP contribution in [-0.4, -0.2) is 30.6 Å². The Bertz CT molecular complexity index is 433. The van der Waals surface area contributed by atoms with E-state index in [-0.39, 0.29) is 0 Å². The average molecular weight is 258 g/mol. The van der Waals surface area contributed by atoms with Gasteiger partial charge in [-0.05, 0) is 49.6 Å². The molecule has 2 rings (SSSR count). The lowest BCUT2D eigenvalue weighted by Crippen LogP contribution is -2.36. The Morgan fingerprint density at radius 3 is 2.74 bits per heavy atom. The Balaban J connectivity index is 1.78. The minimum Gasteiger partial charge on any atom is -0.492 e. The molecule has 102 valence electrons. The van der Waals surface area contributed by atoms with Crippen molar-refractivity contribution in [2.75, 3.05) is 19.7 Å². The molecular formula is C16H22N2O. The first-order chi connectivity index (χ1) is 9.20. The Labute approximate surface area is 115 Å². The van der Waals surface area contributed by atoms with E-state index in [0.717, 1.165) is 24.8 Å². The summed E-state index contributed by atoms with van der Waals surface area (Å²) in [6, 6.07) is 10.1. The van der Waals surface area contributed by atoms with Crippen LogP contribution in [0.3, 0.4) is 0 Å². The first-order valence-electron chi connectivity index (χ1n) is 7.07. The number of rotatable bonds is 5. The number of benzene rings is 1. The number of ether oxygens (including phenoxy) is 1. The van der Waals surface area contributed by atoms with Crippen LogP contribution in [0.1, 0.15) is 32.3 Å². The highest BCUT2D eigenvalue weighted by atomic mass is 16.5. The van der Waals surface area contributed by atoms with Crippen LogP contribution in [0.15, 0.2) is 24.3 Å². The predicted molar refractivity (Wildman–Crippen MR) is 76.1 cm³/mol. The van der Waals surface area contributed by atoms with Gasteiger partial charge in [0.15, 0.2) is 0 Å². The minimum atomic E-state index is 0.673. The van der Waals surface area contributed by atoms with Crippen molar-refractivity contribution >= 4 is 0 Å². The van der Waals surface area contributed by atoms with Gasteiger partial charge in [0.2, 0.25) is 0 Å². The van der Waals surface area contributed by atoms with Gasteiger partial charge in [-0.25, -0.2) is 0 Å². The molecule has 3 heteroatoms. The lowest BCUT2D eigenvalue weighted by molar-refractivity contribution is 0.168. The first kappa shape index (κ1) is 13.9. The zero-order valence-corrected chi connectivity index (χ0v) is 11.8. The molecule has 19 heavy (non-hydrogen) atoms. The summed E-state index contributed by atoms with van der Waals surface area (Å²) in [5.41, 5.74) is 0.673. The van der Waals surface area contributed by atoms with Crippen molar-refractivity contribution in [3.8, 4) is 11.8 Å². The van der Waals surface area contributed by atoms with E-state index in [9.17, 15) is 0 Å². The van der Waals surface area contributed by atoms with E-state index in [1.807, 2.05) is 12.1 Å². The molecule has 1 atom stereocenters. The summed E-state index contributed by atoms with van der Waals surface area (Å²) >= 11 is 0. The summed E-state index contributed by atoms with van der Waals surface area (Å²) in [6.45, 7) is 7.49. The van der Waals surface area contributed by atoms with Gasteiger partial charge in [0.05, 0.1) is 11.6 Å². The van der Waals surface area contributed by atoms with Gasteiger partial charge in [-0.3, -0.25) is 4.90 Å². The van der Waals surface area contributed by atoms with Crippen molar-refractivity contribution in [1.29, 1.82) is 5.26 Å². The third-order valence-electron chi connectivity index (χ3n) is 3.81. The van der Waals surface area contributed by atoms with Crippen LogP contribution in [0.25, 0.3) is 0 Å². The Kier molecular flexibility index (Phi) is 4.81. The molecule has 0 bridgehead atoms. The van der Waals surface area contributed by atoms with Crippen molar-refractivity contribution in [2.45, 2.75) is 32.7 Å². The zero-order valence-electron chi connectivity index (χ0n) is 11.8. The lowest BCUT2D eigenvalue weighted by atomic mass is 10.0. The third kappa shape index (κ3) is 3.71. The first-order valence-corrected chi connectivity index (χ1v) is 7.07. The average Bonchev–Trinajstić information content (AvgIpc) is 2.88. The van der Waals surface area contributed by atoms with Gasteiger partial charge in [0, 0.05) is 12.6 Å². The SMILES string of the molecule is CC(C)C1CCCN1CCOc1ccc(C#N)cc1. The smallest absolute Gasteiger partial charge is 0.119 e. The molecule has 1 unspecified atom stereocenters. The van der Waals surface area contributed by atoms with Crippen molar-refractivity contribution < 1.29 is 4.74 Å². The van der Waals surface area contributed by atoms with Gasteiger partial charge in [-0.15, -0.1) is 0 Å². The molecule has 0 saturated carbocycles. The second kappa shape index (κ2) is 6.58. The largest absolute Gasteiger partial charge is 0.492 e. The number of nitrogens with zero attached hydrogens (tertiary/aromatic N) is 2. The number of nitriles is 1. The minimum absolute atomic E-state index is 0.673. The molecule has 1 aromatic carbocycles. The summed E-state index contributed by atoms with van der Waals surface area (Å²) in [5.74, 6) is 1.57. The fourth-order valence-corrected chi connectivity index (χ4v) is 2.79. The molecule has 1 heterocycles. The summed E-state index contributed by atoms with van der Waals surface area (Å²) in [5, 5.41) is 8.73. The molecule has 1 aliphatic heterocycles. The lowest BCUT2D eigenvalue weighted by Gasteiger charge is -2.27. The van der Waals surface area contributed by atoms with Crippen molar-refractivity contribution in [1.82, 2.24) is 4.90 Å². The van der Waals surface area contributed by atoms with E-state index in [4.69, 9.17) is 10.00 Å². The molecule has 0 aliphatic carbocycles. The summed E-state index contributed by atoms with van der Waals surface area (Å²) in [7, 11) is 0. The van der Waals surface area contributed by atoms with Crippen LogP contribution in [-0.2, 0) is 0 Å². The highest BCUT2D eigenvalue weighted by Crippen LogP contribution is 2.23. The molecule has 1 saturated heterocycles. The maximum Gasteiger partial charge on any atom is 0.119 e. The molecule has 0 amide bonds. The van der Waals surface area contributed by atoms with Gasteiger partial charge in [0.25, 0.3) is 0 Å². The Morgan fingerprint density at radius 1 is 1.37 bits per heavy atom. The Hall–Kier alpha value is -1.53. The van der Waals surface area contributed by atoms with Gasteiger partial charge in [0.1, 0.15) is 12.4 Å². The second-order valence-corrected chi connectivity index (χ2v) is 5.47. The molecule has 0 N–H and O–H groups in total.